The number of aliphatic hydroxyl groups excluding tert-OH is 1. The van der Waals surface area contributed by atoms with Crippen LogP contribution in [0.5, 0.6) is 5.75 Å². The molecule has 0 aliphatic rings. The van der Waals surface area contributed by atoms with E-state index in [0.717, 1.165) is 15.2 Å². The van der Waals surface area contributed by atoms with E-state index in [4.69, 9.17) is 5.73 Å². The minimum Gasteiger partial charge on any atom is -0.508 e. The van der Waals surface area contributed by atoms with Gasteiger partial charge in [-0.2, -0.15) is 0 Å². The largest absolute Gasteiger partial charge is 0.508 e. The second kappa shape index (κ2) is 4.41. The average molecular weight is 282 g/mol. The summed E-state index contributed by atoms with van der Waals surface area (Å²) in [6.45, 7) is 0.0860. The van der Waals surface area contributed by atoms with Crippen LogP contribution in [0.4, 0.5) is 0 Å². The van der Waals surface area contributed by atoms with Crippen LogP contribution in [0.3, 0.4) is 0 Å². The van der Waals surface area contributed by atoms with E-state index in [-0.39, 0.29) is 12.3 Å². The van der Waals surface area contributed by atoms with Gasteiger partial charge >= 0.3 is 0 Å². The van der Waals surface area contributed by atoms with Crippen molar-refractivity contribution in [1.82, 2.24) is 0 Å². The van der Waals surface area contributed by atoms with E-state index >= 15 is 0 Å². The number of fused-ring (bicyclic) bond motifs is 1. The molecule has 0 saturated heterocycles. The molecule has 4 N–H and O–H groups in total. The monoisotopic (exact) mass is 281 g/mol. The molecule has 1 unspecified atom stereocenters. The normalized spacial score (nSPS) is 12.9. The Hall–Kier alpha value is -1.10. The molecule has 0 aliphatic carbocycles. The van der Waals surface area contributed by atoms with Crippen molar-refractivity contribution in [3.63, 3.8) is 0 Å². The van der Waals surface area contributed by atoms with Crippen LogP contribution >= 0.6 is 15.9 Å². The second-order valence-corrected chi connectivity index (χ2v) is 4.53. The third-order valence-electron chi connectivity index (χ3n) is 2.56. The highest BCUT2D eigenvalue weighted by molar-refractivity contribution is 9.10. The van der Waals surface area contributed by atoms with Gasteiger partial charge in [0.15, 0.2) is 0 Å². The molecule has 0 saturated carbocycles. The summed E-state index contributed by atoms with van der Waals surface area (Å²) >= 11 is 3.38. The first-order valence-electron chi connectivity index (χ1n) is 4.92. The van der Waals surface area contributed by atoms with Crippen molar-refractivity contribution in [2.45, 2.75) is 6.10 Å². The first-order valence-corrected chi connectivity index (χ1v) is 5.72. The van der Waals surface area contributed by atoms with E-state index in [1.54, 1.807) is 6.07 Å². The third-order valence-corrected chi connectivity index (χ3v) is 3.05. The summed E-state index contributed by atoms with van der Waals surface area (Å²) in [4.78, 5) is 0. The fraction of sp³-hybridized carbons (Fsp3) is 0.167. The summed E-state index contributed by atoms with van der Waals surface area (Å²) in [6, 6.07) is 9.04. The zero-order valence-corrected chi connectivity index (χ0v) is 10.1. The quantitative estimate of drug-likeness (QED) is 0.791. The topological polar surface area (TPSA) is 66.5 Å². The van der Waals surface area contributed by atoms with Gasteiger partial charge in [-0.15, -0.1) is 0 Å². The molecular weight excluding hydrogens is 270 g/mol. The summed E-state index contributed by atoms with van der Waals surface area (Å²) < 4.78 is 0.957. The number of halogens is 1. The molecule has 4 heteroatoms. The summed E-state index contributed by atoms with van der Waals surface area (Å²) in [6.07, 6.45) is -0.843. The first kappa shape index (κ1) is 11.4. The van der Waals surface area contributed by atoms with Crippen LogP contribution in [-0.2, 0) is 0 Å². The summed E-state index contributed by atoms with van der Waals surface area (Å²) in [5, 5.41) is 21.3. The SMILES string of the molecule is NCC(O)c1c(O)ccc2cc(Br)ccc12. The fourth-order valence-corrected chi connectivity index (χ4v) is 2.16. The molecule has 84 valence electrons. The van der Waals surface area contributed by atoms with Gasteiger partial charge in [0.05, 0.1) is 6.10 Å². The second-order valence-electron chi connectivity index (χ2n) is 3.62. The summed E-state index contributed by atoms with van der Waals surface area (Å²) in [7, 11) is 0. The van der Waals surface area contributed by atoms with Crippen molar-refractivity contribution in [3.05, 3.63) is 40.4 Å². The average Bonchev–Trinajstić information content (AvgIpc) is 2.28. The van der Waals surface area contributed by atoms with Crippen LogP contribution < -0.4 is 5.73 Å². The van der Waals surface area contributed by atoms with E-state index in [1.807, 2.05) is 24.3 Å². The van der Waals surface area contributed by atoms with Gasteiger partial charge in [0.1, 0.15) is 5.75 Å². The van der Waals surface area contributed by atoms with Gasteiger partial charge < -0.3 is 15.9 Å². The van der Waals surface area contributed by atoms with Crippen LogP contribution in [0.1, 0.15) is 11.7 Å². The van der Waals surface area contributed by atoms with Crippen molar-refractivity contribution in [2.24, 2.45) is 5.73 Å². The minimum atomic E-state index is -0.843. The molecule has 0 amide bonds. The van der Waals surface area contributed by atoms with Gasteiger partial charge in [-0.05, 0) is 29.0 Å². The summed E-state index contributed by atoms with van der Waals surface area (Å²) in [5.41, 5.74) is 5.92. The fourth-order valence-electron chi connectivity index (χ4n) is 1.78. The Bertz CT molecular complexity index is 528. The number of nitrogens with two attached hydrogens (primary N) is 1. The van der Waals surface area contributed by atoms with E-state index in [9.17, 15) is 10.2 Å². The van der Waals surface area contributed by atoms with Crippen molar-refractivity contribution in [1.29, 1.82) is 0 Å². The van der Waals surface area contributed by atoms with Crippen molar-refractivity contribution >= 4 is 26.7 Å². The Labute approximate surface area is 102 Å². The number of aromatic hydroxyl groups is 1. The van der Waals surface area contributed by atoms with Crippen molar-refractivity contribution < 1.29 is 10.2 Å². The van der Waals surface area contributed by atoms with Crippen LogP contribution in [0, 0.1) is 0 Å². The number of rotatable bonds is 2. The Morgan fingerprint density at radius 2 is 2.00 bits per heavy atom. The maximum absolute atomic E-state index is 9.78. The van der Waals surface area contributed by atoms with Crippen LogP contribution in [0.15, 0.2) is 34.8 Å². The van der Waals surface area contributed by atoms with E-state index in [2.05, 4.69) is 15.9 Å². The van der Waals surface area contributed by atoms with Crippen LogP contribution in [0.25, 0.3) is 10.8 Å². The highest BCUT2D eigenvalue weighted by Gasteiger charge is 2.14. The molecule has 0 heterocycles. The van der Waals surface area contributed by atoms with E-state index < -0.39 is 6.10 Å². The smallest absolute Gasteiger partial charge is 0.122 e. The molecule has 0 bridgehead atoms. The van der Waals surface area contributed by atoms with Gasteiger partial charge in [0, 0.05) is 16.6 Å². The number of phenols is 1. The predicted molar refractivity (Wildman–Crippen MR) is 67.3 cm³/mol. The zero-order chi connectivity index (χ0) is 11.7. The summed E-state index contributed by atoms with van der Waals surface area (Å²) in [5.74, 6) is 0.0766. The maximum Gasteiger partial charge on any atom is 0.122 e. The van der Waals surface area contributed by atoms with Crippen LogP contribution in [0.2, 0.25) is 0 Å². The molecule has 0 radical (unpaired) electrons. The molecule has 2 rings (SSSR count). The molecule has 16 heavy (non-hydrogen) atoms. The third kappa shape index (κ3) is 1.91. The van der Waals surface area contributed by atoms with Crippen LogP contribution in [-0.4, -0.2) is 16.8 Å². The van der Waals surface area contributed by atoms with Crippen molar-refractivity contribution in [2.75, 3.05) is 6.54 Å². The van der Waals surface area contributed by atoms with Gasteiger partial charge in [-0.25, -0.2) is 0 Å². The molecule has 0 fully saturated rings. The molecule has 1 atom stereocenters. The predicted octanol–water partition coefficient (Wildman–Crippen LogP) is 2.30. The van der Waals surface area contributed by atoms with Gasteiger partial charge in [0.2, 0.25) is 0 Å². The Morgan fingerprint density at radius 1 is 1.25 bits per heavy atom. The molecule has 3 nitrogen and oxygen atoms in total. The lowest BCUT2D eigenvalue weighted by Crippen LogP contribution is -2.12. The first-order chi connectivity index (χ1) is 7.63. The van der Waals surface area contributed by atoms with E-state index in [0.29, 0.717) is 5.56 Å². The van der Waals surface area contributed by atoms with Gasteiger partial charge in [-0.1, -0.05) is 28.1 Å². The molecule has 2 aromatic rings. The Balaban J connectivity index is 2.74. The number of hydrogen-bond acceptors (Lipinski definition) is 3. The Morgan fingerprint density at radius 3 is 2.69 bits per heavy atom. The highest BCUT2D eigenvalue weighted by Crippen LogP contribution is 2.33. The Kier molecular flexibility index (Phi) is 3.14. The highest BCUT2D eigenvalue weighted by atomic mass is 79.9. The van der Waals surface area contributed by atoms with Gasteiger partial charge in [-0.3, -0.25) is 0 Å². The molecular formula is C12H12BrNO2. The minimum absolute atomic E-state index is 0.0766. The lowest BCUT2D eigenvalue weighted by Gasteiger charge is -2.13. The van der Waals surface area contributed by atoms with Gasteiger partial charge in [0.25, 0.3) is 0 Å². The molecule has 0 aliphatic heterocycles. The molecule has 0 spiro atoms. The molecule has 2 aromatic carbocycles. The lowest BCUT2D eigenvalue weighted by atomic mass is 9.99. The van der Waals surface area contributed by atoms with E-state index in [1.165, 1.54) is 0 Å². The lowest BCUT2D eigenvalue weighted by molar-refractivity contribution is 0.184. The number of phenolic OH excluding ortho intramolecular Hbond substituents is 1. The zero-order valence-electron chi connectivity index (χ0n) is 8.52. The van der Waals surface area contributed by atoms with Crippen molar-refractivity contribution in [3.8, 4) is 5.75 Å². The number of aliphatic hydroxyl groups is 1. The molecule has 0 aromatic heterocycles. The maximum atomic E-state index is 9.78. The standard InChI is InChI=1S/C12H12BrNO2/c13-8-2-3-9-7(5-8)1-4-10(15)12(9)11(16)6-14/h1-5,11,15-16H,6,14H2. The number of benzene rings is 2. The number of hydrogen-bond donors (Lipinski definition) is 3.